The SMILES string of the molecule is COC(=O)NC(CCC(F)(F)F)C(C)=O. The van der Waals surface area contributed by atoms with Crippen molar-refractivity contribution in [2.24, 2.45) is 0 Å². The van der Waals surface area contributed by atoms with E-state index in [0.717, 1.165) is 14.0 Å². The number of carbonyl (C=O) groups is 2. The minimum absolute atomic E-state index is 0.478. The third kappa shape index (κ3) is 6.75. The third-order valence-corrected chi connectivity index (χ3v) is 1.68. The van der Waals surface area contributed by atoms with E-state index in [-0.39, 0.29) is 0 Å². The second kappa shape index (κ2) is 5.57. The maximum absolute atomic E-state index is 11.8. The van der Waals surface area contributed by atoms with E-state index in [1.165, 1.54) is 0 Å². The van der Waals surface area contributed by atoms with Crippen LogP contribution in [0.1, 0.15) is 19.8 Å². The zero-order valence-corrected chi connectivity index (χ0v) is 8.35. The second-order valence-corrected chi connectivity index (χ2v) is 2.95. The monoisotopic (exact) mass is 227 g/mol. The number of ether oxygens (including phenoxy) is 1. The summed E-state index contributed by atoms with van der Waals surface area (Å²) in [6.45, 7) is 1.11. The second-order valence-electron chi connectivity index (χ2n) is 2.95. The lowest BCUT2D eigenvalue weighted by Gasteiger charge is -2.15. The number of amides is 1. The highest BCUT2D eigenvalue weighted by molar-refractivity contribution is 5.85. The summed E-state index contributed by atoms with van der Waals surface area (Å²) in [6, 6.07) is -1.15. The average molecular weight is 227 g/mol. The normalized spacial score (nSPS) is 13.1. The van der Waals surface area contributed by atoms with E-state index < -0.39 is 36.9 Å². The van der Waals surface area contributed by atoms with Crippen molar-refractivity contribution in [1.29, 1.82) is 0 Å². The van der Waals surface area contributed by atoms with E-state index >= 15 is 0 Å². The summed E-state index contributed by atoms with van der Waals surface area (Å²) in [6.07, 6.45) is -6.86. The third-order valence-electron chi connectivity index (χ3n) is 1.68. The van der Waals surface area contributed by atoms with Crippen molar-refractivity contribution >= 4 is 11.9 Å². The summed E-state index contributed by atoms with van der Waals surface area (Å²) in [4.78, 5) is 21.6. The van der Waals surface area contributed by atoms with Crippen LogP contribution in [0.3, 0.4) is 0 Å². The Morgan fingerprint density at radius 3 is 2.27 bits per heavy atom. The van der Waals surface area contributed by atoms with Crippen molar-refractivity contribution in [3.63, 3.8) is 0 Å². The molecule has 1 unspecified atom stereocenters. The van der Waals surface area contributed by atoms with Gasteiger partial charge in [-0.05, 0) is 13.3 Å². The fourth-order valence-corrected chi connectivity index (χ4v) is 0.886. The highest BCUT2D eigenvalue weighted by Crippen LogP contribution is 2.22. The standard InChI is InChI=1S/C8H12F3NO3/c1-5(13)6(12-7(14)15-2)3-4-8(9,10)11/h6H,3-4H2,1-2H3,(H,12,14). The summed E-state index contributed by atoms with van der Waals surface area (Å²) in [7, 11) is 1.07. The van der Waals surface area contributed by atoms with Crippen molar-refractivity contribution in [1.82, 2.24) is 5.32 Å². The summed E-state index contributed by atoms with van der Waals surface area (Å²) < 4.78 is 39.7. The lowest BCUT2D eigenvalue weighted by Crippen LogP contribution is -2.40. The van der Waals surface area contributed by atoms with Crippen LogP contribution in [-0.2, 0) is 9.53 Å². The van der Waals surface area contributed by atoms with Gasteiger partial charge in [-0.2, -0.15) is 13.2 Å². The van der Waals surface area contributed by atoms with Crippen LogP contribution in [0.4, 0.5) is 18.0 Å². The predicted molar refractivity (Wildman–Crippen MR) is 45.3 cm³/mol. The van der Waals surface area contributed by atoms with E-state index in [9.17, 15) is 22.8 Å². The van der Waals surface area contributed by atoms with Crippen LogP contribution in [-0.4, -0.2) is 31.2 Å². The number of alkyl halides is 3. The van der Waals surface area contributed by atoms with Crippen LogP contribution in [0, 0.1) is 0 Å². The molecule has 0 bridgehead atoms. The first-order valence-corrected chi connectivity index (χ1v) is 4.18. The molecular formula is C8H12F3NO3. The number of hydrogen-bond acceptors (Lipinski definition) is 3. The molecule has 0 aromatic rings. The van der Waals surface area contributed by atoms with Gasteiger partial charge in [0.2, 0.25) is 0 Å². The Bertz CT molecular complexity index is 240. The van der Waals surface area contributed by atoms with Gasteiger partial charge in [-0.15, -0.1) is 0 Å². The van der Waals surface area contributed by atoms with Crippen LogP contribution in [0.25, 0.3) is 0 Å². The molecule has 0 aromatic carbocycles. The Morgan fingerprint density at radius 2 is 1.93 bits per heavy atom. The molecule has 15 heavy (non-hydrogen) atoms. The summed E-state index contributed by atoms with van der Waals surface area (Å²) in [5, 5.41) is 2.03. The van der Waals surface area contributed by atoms with Gasteiger partial charge in [0.15, 0.2) is 5.78 Å². The smallest absolute Gasteiger partial charge is 0.407 e. The Kier molecular flexibility index (Phi) is 5.10. The molecule has 1 atom stereocenters. The van der Waals surface area contributed by atoms with Crippen LogP contribution in [0.15, 0.2) is 0 Å². The van der Waals surface area contributed by atoms with Crippen LogP contribution >= 0.6 is 0 Å². The van der Waals surface area contributed by atoms with E-state index in [2.05, 4.69) is 4.74 Å². The quantitative estimate of drug-likeness (QED) is 0.794. The van der Waals surface area contributed by atoms with Gasteiger partial charge in [0.25, 0.3) is 0 Å². The van der Waals surface area contributed by atoms with Gasteiger partial charge in [0.1, 0.15) is 0 Å². The summed E-state index contributed by atoms with van der Waals surface area (Å²) >= 11 is 0. The Balaban J connectivity index is 4.18. The van der Waals surface area contributed by atoms with Gasteiger partial charge in [-0.25, -0.2) is 4.79 Å². The molecule has 1 amide bonds. The van der Waals surface area contributed by atoms with E-state index in [1.54, 1.807) is 0 Å². The maximum atomic E-state index is 11.8. The van der Waals surface area contributed by atoms with E-state index in [4.69, 9.17) is 0 Å². The van der Waals surface area contributed by atoms with Gasteiger partial charge < -0.3 is 10.1 Å². The molecule has 0 spiro atoms. The minimum Gasteiger partial charge on any atom is -0.453 e. The van der Waals surface area contributed by atoms with Crippen molar-refractivity contribution in [2.45, 2.75) is 32.0 Å². The van der Waals surface area contributed by atoms with Crippen LogP contribution in [0.2, 0.25) is 0 Å². The van der Waals surface area contributed by atoms with E-state index in [0.29, 0.717) is 0 Å². The number of alkyl carbamates (subject to hydrolysis) is 1. The van der Waals surface area contributed by atoms with E-state index in [1.807, 2.05) is 5.32 Å². The fourth-order valence-electron chi connectivity index (χ4n) is 0.886. The molecular weight excluding hydrogens is 215 g/mol. The Hall–Kier alpha value is -1.27. The maximum Gasteiger partial charge on any atom is 0.407 e. The van der Waals surface area contributed by atoms with Crippen molar-refractivity contribution in [3.8, 4) is 0 Å². The zero-order chi connectivity index (χ0) is 12.1. The zero-order valence-electron chi connectivity index (χ0n) is 8.35. The topological polar surface area (TPSA) is 55.4 Å². The Labute approximate surface area is 84.8 Å². The molecule has 7 heteroatoms. The number of methoxy groups -OCH3 is 1. The molecule has 0 aliphatic rings. The fraction of sp³-hybridized carbons (Fsp3) is 0.750. The molecule has 0 fully saturated rings. The molecule has 0 aromatic heterocycles. The average Bonchev–Trinajstić information content (AvgIpc) is 2.09. The largest absolute Gasteiger partial charge is 0.453 e. The van der Waals surface area contributed by atoms with Crippen molar-refractivity contribution in [3.05, 3.63) is 0 Å². The van der Waals surface area contributed by atoms with Crippen molar-refractivity contribution < 1.29 is 27.5 Å². The highest BCUT2D eigenvalue weighted by Gasteiger charge is 2.30. The number of Topliss-reactive ketones (excluding diaryl/α,β-unsaturated/α-hetero) is 1. The molecule has 0 rings (SSSR count). The first-order valence-electron chi connectivity index (χ1n) is 4.18. The Morgan fingerprint density at radius 1 is 1.40 bits per heavy atom. The molecule has 0 aliphatic carbocycles. The molecule has 0 saturated carbocycles. The first-order chi connectivity index (χ1) is 6.76. The molecule has 1 N–H and O–H groups in total. The van der Waals surface area contributed by atoms with Gasteiger partial charge in [0, 0.05) is 6.42 Å². The van der Waals surface area contributed by atoms with Crippen LogP contribution in [0.5, 0.6) is 0 Å². The number of ketones is 1. The predicted octanol–water partition coefficient (Wildman–Crippen LogP) is 1.64. The van der Waals surface area contributed by atoms with Crippen LogP contribution < -0.4 is 5.32 Å². The number of rotatable bonds is 4. The minimum atomic E-state index is -4.34. The number of nitrogens with one attached hydrogen (secondary N) is 1. The van der Waals surface area contributed by atoms with Crippen molar-refractivity contribution in [2.75, 3.05) is 7.11 Å². The summed E-state index contributed by atoms with van der Waals surface area (Å²) in [5.74, 6) is -0.537. The molecule has 0 saturated heterocycles. The van der Waals surface area contributed by atoms with Gasteiger partial charge in [0.05, 0.1) is 13.2 Å². The molecule has 4 nitrogen and oxygen atoms in total. The molecule has 88 valence electrons. The molecule has 0 radical (unpaired) electrons. The number of carbonyl (C=O) groups excluding carboxylic acids is 2. The molecule has 0 heterocycles. The number of halogens is 3. The highest BCUT2D eigenvalue weighted by atomic mass is 19.4. The molecule has 0 aliphatic heterocycles. The van der Waals surface area contributed by atoms with Gasteiger partial charge in [-0.3, -0.25) is 4.79 Å². The van der Waals surface area contributed by atoms with Gasteiger partial charge >= 0.3 is 12.3 Å². The number of hydrogen-bond donors (Lipinski definition) is 1. The first kappa shape index (κ1) is 13.7. The lowest BCUT2D eigenvalue weighted by molar-refractivity contribution is -0.138. The van der Waals surface area contributed by atoms with Gasteiger partial charge in [-0.1, -0.05) is 0 Å². The lowest BCUT2D eigenvalue weighted by atomic mass is 10.1. The summed E-state index contributed by atoms with van der Waals surface area (Å²) in [5.41, 5.74) is 0.